The highest BCUT2D eigenvalue weighted by Gasteiger charge is 2.35. The Morgan fingerprint density at radius 3 is 2.18 bits per heavy atom. The number of amides is 2. The lowest BCUT2D eigenvalue weighted by molar-refractivity contribution is -0.132. The van der Waals surface area contributed by atoms with Gasteiger partial charge in [-0.25, -0.2) is 0 Å². The zero-order valence-electron chi connectivity index (χ0n) is 18.9. The van der Waals surface area contributed by atoms with E-state index >= 15 is 0 Å². The first kappa shape index (κ1) is 22.8. The van der Waals surface area contributed by atoms with E-state index in [-0.39, 0.29) is 22.5 Å². The highest BCUT2D eigenvalue weighted by Crippen LogP contribution is 2.39. The summed E-state index contributed by atoms with van der Waals surface area (Å²) >= 11 is 8.18. The third-order valence-corrected chi connectivity index (χ3v) is 8.65. The predicted octanol–water partition coefficient (Wildman–Crippen LogP) is 5.97. The summed E-state index contributed by atoms with van der Waals surface area (Å²) < 4.78 is 2.08. The average Bonchev–Trinajstić information content (AvgIpc) is 3.42. The number of nitrogens with zero attached hydrogens (tertiary/aromatic N) is 5. The van der Waals surface area contributed by atoms with E-state index in [4.69, 9.17) is 12.2 Å². The summed E-state index contributed by atoms with van der Waals surface area (Å²) in [6, 6.07) is 12.2. The molecule has 2 fully saturated rings. The van der Waals surface area contributed by atoms with Gasteiger partial charge in [-0.15, -0.1) is 32.9 Å². The van der Waals surface area contributed by atoms with Crippen LogP contribution in [0.4, 0.5) is 16.4 Å². The first-order valence-corrected chi connectivity index (χ1v) is 13.1. The Hall–Kier alpha value is -2.95. The SMILES string of the molecule is CN1C(=O)C(=Cc2cc3sc(/N=N/c4ccc(N5CCCCC5)cc4)cc3s2)C(=O)N(C)C1=S. The lowest BCUT2D eigenvalue weighted by Gasteiger charge is -2.31. The third-order valence-electron chi connectivity index (χ3n) is 5.98. The summed E-state index contributed by atoms with van der Waals surface area (Å²) in [6.45, 7) is 2.24. The number of piperidine rings is 1. The van der Waals surface area contributed by atoms with Gasteiger partial charge in [-0.1, -0.05) is 0 Å². The molecule has 0 bridgehead atoms. The zero-order chi connectivity index (χ0) is 23.8. The third kappa shape index (κ3) is 4.40. The van der Waals surface area contributed by atoms with Gasteiger partial charge in [0.15, 0.2) is 5.11 Å². The number of hydrogen-bond acceptors (Lipinski definition) is 8. The summed E-state index contributed by atoms with van der Waals surface area (Å²) in [7, 11) is 3.15. The number of thiocarbonyl (C=S) groups is 1. The van der Waals surface area contributed by atoms with Gasteiger partial charge in [0.1, 0.15) is 10.6 Å². The molecular weight excluding hydrogens is 486 g/mol. The molecule has 174 valence electrons. The second-order valence-electron chi connectivity index (χ2n) is 8.29. The van der Waals surface area contributed by atoms with Crippen LogP contribution in [0, 0.1) is 0 Å². The molecule has 0 spiro atoms. The molecule has 2 aromatic heterocycles. The van der Waals surface area contributed by atoms with E-state index in [1.807, 2.05) is 24.3 Å². The number of rotatable bonds is 4. The number of anilines is 1. The van der Waals surface area contributed by atoms with Gasteiger partial charge in [0, 0.05) is 47.1 Å². The monoisotopic (exact) mass is 509 g/mol. The van der Waals surface area contributed by atoms with Crippen LogP contribution in [-0.4, -0.2) is 53.9 Å². The summed E-state index contributed by atoms with van der Waals surface area (Å²) in [5.74, 6) is -0.767. The molecule has 4 heterocycles. The van der Waals surface area contributed by atoms with Crippen LogP contribution in [0.2, 0.25) is 0 Å². The molecule has 2 amide bonds. The van der Waals surface area contributed by atoms with Crippen molar-refractivity contribution < 1.29 is 9.59 Å². The van der Waals surface area contributed by atoms with Gasteiger partial charge >= 0.3 is 0 Å². The lowest BCUT2D eigenvalue weighted by Crippen LogP contribution is -2.52. The van der Waals surface area contributed by atoms with E-state index in [0.717, 1.165) is 38.1 Å². The maximum Gasteiger partial charge on any atom is 0.265 e. The van der Waals surface area contributed by atoms with Gasteiger partial charge < -0.3 is 4.90 Å². The number of fused-ring (bicyclic) bond motifs is 1. The van der Waals surface area contributed by atoms with Crippen LogP contribution in [0.15, 0.2) is 52.2 Å². The minimum absolute atomic E-state index is 0.111. The van der Waals surface area contributed by atoms with Crippen molar-refractivity contribution in [2.75, 3.05) is 32.1 Å². The Balaban J connectivity index is 1.31. The smallest absolute Gasteiger partial charge is 0.265 e. The number of benzene rings is 1. The molecule has 34 heavy (non-hydrogen) atoms. The van der Waals surface area contributed by atoms with Gasteiger partial charge in [0.05, 0.1) is 5.69 Å². The second-order valence-corrected chi connectivity index (χ2v) is 10.8. The van der Waals surface area contributed by atoms with Crippen LogP contribution in [0.25, 0.3) is 15.5 Å². The van der Waals surface area contributed by atoms with Gasteiger partial charge in [0.25, 0.3) is 11.8 Å². The molecule has 10 heteroatoms. The molecule has 2 saturated heterocycles. The standard InChI is InChI=1S/C24H23N5O2S3/c1-27-22(30)18(23(31)28(2)24(27)32)12-17-13-19-20(33-17)14-21(34-19)26-25-15-6-8-16(9-7-15)29-10-4-3-5-11-29/h6-9,12-14H,3-5,10-11H2,1-2H3/b26-25+. The molecule has 2 aliphatic heterocycles. The Morgan fingerprint density at radius 2 is 1.53 bits per heavy atom. The molecule has 2 aliphatic rings. The van der Waals surface area contributed by atoms with Crippen molar-refractivity contribution in [2.45, 2.75) is 19.3 Å². The van der Waals surface area contributed by atoms with Crippen LogP contribution in [0.5, 0.6) is 0 Å². The number of carbonyl (C=O) groups is 2. The Bertz CT molecular complexity index is 1270. The van der Waals surface area contributed by atoms with Crippen LogP contribution < -0.4 is 4.90 Å². The van der Waals surface area contributed by atoms with Crippen molar-refractivity contribution in [3.8, 4) is 0 Å². The van der Waals surface area contributed by atoms with Crippen LogP contribution in [-0.2, 0) is 9.59 Å². The van der Waals surface area contributed by atoms with Gasteiger partial charge in [0.2, 0.25) is 0 Å². The fourth-order valence-corrected chi connectivity index (χ4v) is 6.40. The van der Waals surface area contributed by atoms with E-state index in [2.05, 4.69) is 27.3 Å². The van der Waals surface area contributed by atoms with E-state index < -0.39 is 0 Å². The first-order chi connectivity index (χ1) is 16.4. The topological polar surface area (TPSA) is 68.6 Å². The number of hydrogen-bond donors (Lipinski definition) is 0. The molecule has 3 aromatic rings. The highest BCUT2D eigenvalue weighted by atomic mass is 32.1. The lowest BCUT2D eigenvalue weighted by atomic mass is 10.1. The minimum Gasteiger partial charge on any atom is -0.372 e. The number of thiophene rings is 2. The fourth-order valence-electron chi connectivity index (χ4n) is 4.07. The number of azo groups is 1. The predicted molar refractivity (Wildman–Crippen MR) is 142 cm³/mol. The van der Waals surface area contributed by atoms with Crippen LogP contribution in [0.1, 0.15) is 24.1 Å². The first-order valence-electron chi connectivity index (χ1n) is 11.0. The van der Waals surface area contributed by atoms with Crippen LogP contribution in [0.3, 0.4) is 0 Å². The van der Waals surface area contributed by atoms with E-state index in [1.165, 1.54) is 57.4 Å². The Morgan fingerprint density at radius 1 is 0.882 bits per heavy atom. The van der Waals surface area contributed by atoms with Crippen molar-refractivity contribution in [3.05, 3.63) is 46.8 Å². The molecule has 0 radical (unpaired) electrons. The summed E-state index contributed by atoms with van der Waals surface area (Å²) in [4.78, 5) is 31.0. The van der Waals surface area contributed by atoms with Gasteiger partial charge in [-0.05, 0) is 74.0 Å². The van der Waals surface area contributed by atoms with Gasteiger partial charge in [-0.2, -0.15) is 0 Å². The quantitative estimate of drug-likeness (QED) is 0.188. The van der Waals surface area contributed by atoms with Crippen molar-refractivity contribution in [3.63, 3.8) is 0 Å². The molecule has 0 saturated carbocycles. The summed E-state index contributed by atoms with van der Waals surface area (Å²) in [6.07, 6.45) is 5.47. The van der Waals surface area contributed by atoms with Gasteiger partial charge in [-0.3, -0.25) is 19.4 Å². The van der Waals surface area contributed by atoms with Crippen molar-refractivity contribution in [2.24, 2.45) is 10.2 Å². The van der Waals surface area contributed by atoms with Crippen molar-refractivity contribution in [1.29, 1.82) is 0 Å². The number of likely N-dealkylation sites (N-methyl/N-ethyl adjacent to an activating group) is 2. The normalized spacial score (nSPS) is 17.5. The van der Waals surface area contributed by atoms with E-state index in [1.54, 1.807) is 20.2 Å². The summed E-state index contributed by atoms with van der Waals surface area (Å²) in [5, 5.41) is 9.82. The Kier molecular flexibility index (Phi) is 6.28. The molecule has 0 atom stereocenters. The second kappa shape index (κ2) is 9.36. The largest absolute Gasteiger partial charge is 0.372 e. The van der Waals surface area contributed by atoms with E-state index in [0.29, 0.717) is 0 Å². The molecule has 0 aliphatic carbocycles. The molecular formula is C24H23N5O2S3. The molecule has 5 rings (SSSR count). The molecule has 0 unspecified atom stereocenters. The fraction of sp³-hybridized carbons (Fsp3) is 0.292. The molecule has 1 aromatic carbocycles. The number of carbonyl (C=O) groups excluding carboxylic acids is 2. The van der Waals surface area contributed by atoms with E-state index in [9.17, 15) is 9.59 Å². The minimum atomic E-state index is -0.384. The van der Waals surface area contributed by atoms with Crippen LogP contribution >= 0.6 is 34.9 Å². The maximum absolute atomic E-state index is 12.5. The maximum atomic E-state index is 12.5. The summed E-state index contributed by atoms with van der Waals surface area (Å²) in [5.41, 5.74) is 2.18. The molecule has 7 nitrogen and oxygen atoms in total. The van der Waals surface area contributed by atoms with Crippen molar-refractivity contribution >= 4 is 83.7 Å². The molecule has 0 N–H and O–H groups in total. The average molecular weight is 510 g/mol. The highest BCUT2D eigenvalue weighted by molar-refractivity contribution is 7.80. The van der Waals surface area contributed by atoms with Crippen molar-refractivity contribution in [1.82, 2.24) is 9.80 Å². The Labute approximate surface area is 211 Å². The zero-order valence-corrected chi connectivity index (χ0v) is 21.3.